The van der Waals surface area contributed by atoms with Crippen molar-refractivity contribution in [2.45, 2.75) is 11.4 Å². The van der Waals surface area contributed by atoms with E-state index in [1.807, 2.05) is 0 Å². The fourth-order valence-electron chi connectivity index (χ4n) is 2.68. The summed E-state index contributed by atoms with van der Waals surface area (Å²) in [6, 6.07) is 7.16. The predicted molar refractivity (Wildman–Crippen MR) is 101 cm³/mol. The van der Waals surface area contributed by atoms with Crippen molar-refractivity contribution in [2.24, 2.45) is 0 Å². The monoisotopic (exact) mass is 439 g/mol. The van der Waals surface area contributed by atoms with E-state index >= 15 is 0 Å². The molecule has 0 N–H and O–H groups in total. The first-order valence-electron chi connectivity index (χ1n) is 8.42. The Morgan fingerprint density at radius 3 is 2.40 bits per heavy atom. The summed E-state index contributed by atoms with van der Waals surface area (Å²) in [6.07, 6.45) is 2.39. The van der Waals surface area contributed by atoms with Crippen molar-refractivity contribution >= 4 is 15.8 Å². The van der Waals surface area contributed by atoms with Crippen LogP contribution in [0.15, 0.2) is 53.8 Å². The smallest absolute Gasteiger partial charge is 0.268 e. The molecule has 0 saturated heterocycles. The number of halogens is 3. The highest BCUT2D eigenvalue weighted by Gasteiger charge is 2.32. The molecule has 3 aromatic rings. The normalized spacial score (nSPS) is 11.2. The summed E-state index contributed by atoms with van der Waals surface area (Å²) >= 11 is 0. The number of hydrogen-bond acceptors (Lipinski definition) is 6. The first-order valence-corrected chi connectivity index (χ1v) is 9.86. The molecule has 11 heteroatoms. The van der Waals surface area contributed by atoms with Crippen LogP contribution in [0, 0.1) is 17.5 Å². The quantitative estimate of drug-likeness (QED) is 0.526. The molecule has 2 aromatic carbocycles. The van der Waals surface area contributed by atoms with Crippen molar-refractivity contribution in [2.75, 3.05) is 18.5 Å². The predicted octanol–water partition coefficient (Wildman–Crippen LogP) is 3.31. The summed E-state index contributed by atoms with van der Waals surface area (Å²) in [5, 5.41) is 0. The van der Waals surface area contributed by atoms with Gasteiger partial charge in [0.15, 0.2) is 17.5 Å². The van der Waals surface area contributed by atoms with Gasteiger partial charge >= 0.3 is 0 Å². The summed E-state index contributed by atoms with van der Waals surface area (Å²) < 4.78 is 78.9. The van der Waals surface area contributed by atoms with E-state index in [-0.39, 0.29) is 12.4 Å². The molecule has 0 aliphatic heterocycles. The number of ether oxygens (including phenoxy) is 2. The fraction of sp³-hybridized carbons (Fsp3) is 0.158. The van der Waals surface area contributed by atoms with E-state index in [9.17, 15) is 21.6 Å². The Labute approximate surface area is 170 Å². The lowest BCUT2D eigenvalue weighted by Crippen LogP contribution is -2.32. The first kappa shape index (κ1) is 21.4. The van der Waals surface area contributed by atoms with Crippen LogP contribution in [-0.4, -0.2) is 32.6 Å². The Morgan fingerprint density at radius 1 is 1.00 bits per heavy atom. The largest absolute Gasteiger partial charge is 0.497 e. The van der Waals surface area contributed by atoms with Crippen LogP contribution >= 0.6 is 0 Å². The van der Waals surface area contributed by atoms with Crippen molar-refractivity contribution in [1.29, 1.82) is 0 Å². The Bertz CT molecular complexity index is 1160. The number of benzene rings is 2. The van der Waals surface area contributed by atoms with Crippen molar-refractivity contribution < 1.29 is 31.1 Å². The third kappa shape index (κ3) is 4.01. The number of hydrogen-bond donors (Lipinski definition) is 0. The van der Waals surface area contributed by atoms with Gasteiger partial charge in [0, 0.05) is 23.9 Å². The van der Waals surface area contributed by atoms with Gasteiger partial charge in [-0.3, -0.25) is 0 Å². The number of aromatic nitrogens is 2. The van der Waals surface area contributed by atoms with E-state index in [1.54, 1.807) is 12.1 Å². The lowest BCUT2D eigenvalue weighted by atomic mass is 10.2. The molecule has 0 radical (unpaired) electrons. The van der Waals surface area contributed by atoms with Crippen molar-refractivity contribution in [3.05, 3.63) is 71.9 Å². The zero-order valence-electron chi connectivity index (χ0n) is 15.8. The van der Waals surface area contributed by atoms with Gasteiger partial charge in [-0.15, -0.1) is 0 Å². The number of methoxy groups -OCH3 is 2. The van der Waals surface area contributed by atoms with Crippen molar-refractivity contribution in [1.82, 2.24) is 9.97 Å². The number of anilines is 1. The van der Waals surface area contributed by atoms with Crippen LogP contribution in [0.3, 0.4) is 0 Å². The van der Waals surface area contributed by atoms with E-state index in [0.717, 1.165) is 10.6 Å². The molecule has 0 aliphatic rings. The van der Waals surface area contributed by atoms with E-state index in [1.165, 1.54) is 32.5 Å². The molecule has 158 valence electrons. The zero-order chi connectivity index (χ0) is 21.9. The average Bonchev–Trinajstić information content (AvgIpc) is 2.76. The molecule has 0 unspecified atom stereocenters. The van der Waals surface area contributed by atoms with Crippen LogP contribution in [0.1, 0.15) is 5.56 Å². The van der Waals surface area contributed by atoms with Gasteiger partial charge in [-0.25, -0.2) is 35.9 Å². The lowest BCUT2D eigenvalue weighted by molar-refractivity contribution is 0.391. The molecule has 0 spiro atoms. The average molecular weight is 439 g/mol. The van der Waals surface area contributed by atoms with Gasteiger partial charge in [0.2, 0.25) is 0 Å². The maximum atomic E-state index is 14.3. The van der Waals surface area contributed by atoms with Gasteiger partial charge in [-0.2, -0.15) is 0 Å². The highest BCUT2D eigenvalue weighted by atomic mass is 32.2. The minimum absolute atomic E-state index is 0.105. The van der Waals surface area contributed by atoms with Crippen LogP contribution in [-0.2, 0) is 16.6 Å². The lowest BCUT2D eigenvalue weighted by Gasteiger charge is -2.24. The van der Waals surface area contributed by atoms with Crippen molar-refractivity contribution in [3.63, 3.8) is 0 Å². The topological polar surface area (TPSA) is 81.6 Å². The molecular formula is C19H16F3N3O4S. The molecule has 0 amide bonds. The summed E-state index contributed by atoms with van der Waals surface area (Å²) in [7, 11) is -1.85. The van der Waals surface area contributed by atoms with Crippen molar-refractivity contribution in [3.8, 4) is 11.5 Å². The molecular weight excluding hydrogens is 423 g/mol. The first-order chi connectivity index (χ1) is 14.3. The Morgan fingerprint density at radius 2 is 1.77 bits per heavy atom. The second-order valence-corrected chi connectivity index (χ2v) is 7.76. The molecule has 1 aromatic heterocycles. The molecule has 3 rings (SSSR count). The van der Waals surface area contributed by atoms with E-state index in [2.05, 4.69) is 9.97 Å². The SMILES string of the molecule is COc1ccc(CN(c2ccncn2)S(=O)(=O)c2ccc(F)c(F)c2F)c(OC)c1. The molecule has 1 heterocycles. The van der Waals surface area contributed by atoms with Gasteiger partial charge < -0.3 is 9.47 Å². The molecule has 0 saturated carbocycles. The Hall–Kier alpha value is -3.34. The maximum Gasteiger partial charge on any atom is 0.268 e. The molecule has 30 heavy (non-hydrogen) atoms. The minimum atomic E-state index is -4.69. The highest BCUT2D eigenvalue weighted by Crippen LogP contribution is 2.31. The molecule has 7 nitrogen and oxygen atoms in total. The Balaban J connectivity index is 2.15. The summed E-state index contributed by atoms with van der Waals surface area (Å²) in [6.45, 7) is -0.342. The van der Waals surface area contributed by atoms with Gasteiger partial charge in [-0.05, 0) is 24.3 Å². The molecule has 0 bridgehead atoms. The van der Waals surface area contributed by atoms with E-state index < -0.39 is 32.4 Å². The van der Waals surface area contributed by atoms with Crippen LogP contribution < -0.4 is 13.8 Å². The standard InChI is InChI=1S/C19H16F3N3O4S/c1-28-13-4-3-12(15(9-13)29-2)10-25(17-7-8-23-11-24-17)30(26,27)16-6-5-14(20)18(21)19(16)22/h3-9,11H,10H2,1-2H3. The molecule has 0 atom stereocenters. The van der Waals surface area contributed by atoms with Crippen LogP contribution in [0.4, 0.5) is 19.0 Å². The zero-order valence-corrected chi connectivity index (χ0v) is 16.7. The third-order valence-corrected chi connectivity index (χ3v) is 5.97. The minimum Gasteiger partial charge on any atom is -0.497 e. The number of rotatable bonds is 7. The Kier molecular flexibility index (Phi) is 6.11. The third-order valence-electron chi connectivity index (χ3n) is 4.20. The van der Waals surface area contributed by atoms with Gasteiger partial charge in [0.1, 0.15) is 28.5 Å². The summed E-state index contributed by atoms with van der Waals surface area (Å²) in [5.41, 5.74) is 0.392. The van der Waals surface area contributed by atoms with Gasteiger partial charge in [0.05, 0.1) is 20.8 Å². The molecule has 0 fully saturated rings. The number of nitrogens with zero attached hydrogens (tertiary/aromatic N) is 3. The van der Waals surface area contributed by atoms with Gasteiger partial charge in [-0.1, -0.05) is 0 Å². The van der Waals surface area contributed by atoms with E-state index in [4.69, 9.17) is 9.47 Å². The second-order valence-electron chi connectivity index (χ2n) is 5.93. The van der Waals surface area contributed by atoms with E-state index in [0.29, 0.717) is 29.2 Å². The second kappa shape index (κ2) is 8.57. The van der Waals surface area contributed by atoms with Crippen LogP contribution in [0.25, 0.3) is 0 Å². The van der Waals surface area contributed by atoms with Crippen LogP contribution in [0.5, 0.6) is 11.5 Å². The molecule has 0 aliphatic carbocycles. The van der Waals surface area contributed by atoms with Gasteiger partial charge in [0.25, 0.3) is 10.0 Å². The summed E-state index contributed by atoms with van der Waals surface area (Å²) in [4.78, 5) is 6.60. The highest BCUT2D eigenvalue weighted by molar-refractivity contribution is 7.92. The fourth-order valence-corrected chi connectivity index (χ4v) is 4.14. The maximum absolute atomic E-state index is 14.3. The van der Waals surface area contributed by atoms with Crippen LogP contribution in [0.2, 0.25) is 0 Å². The number of sulfonamides is 1. The summed E-state index contributed by atoms with van der Waals surface area (Å²) in [5.74, 6) is -4.55.